The van der Waals surface area contributed by atoms with Crippen LogP contribution in [0.15, 0.2) is 24.3 Å². The molecule has 0 aliphatic rings. The molecule has 0 unspecified atom stereocenters. The van der Waals surface area contributed by atoms with Gasteiger partial charge in [-0.05, 0) is 12.1 Å². The first-order valence-corrected chi connectivity index (χ1v) is 6.74. The molecule has 0 fully saturated rings. The van der Waals surface area contributed by atoms with E-state index in [0.29, 0.717) is 6.54 Å². The van der Waals surface area contributed by atoms with Crippen LogP contribution in [0, 0.1) is 0 Å². The average Bonchev–Trinajstić information content (AvgIpc) is 2.79. The number of hydrogen-bond acceptors (Lipinski definition) is 3. The molecule has 1 atom stereocenters. The Morgan fingerprint density at radius 2 is 2.29 bits per heavy atom. The lowest BCUT2D eigenvalue weighted by atomic mass is 10.2. The third-order valence-corrected chi connectivity index (χ3v) is 3.97. The fourth-order valence-electron chi connectivity index (χ4n) is 1.50. The van der Waals surface area contributed by atoms with Gasteiger partial charge < -0.3 is 5.32 Å². The number of benzene rings is 1. The summed E-state index contributed by atoms with van der Waals surface area (Å²) >= 11 is 7.09. The highest BCUT2D eigenvalue weighted by Gasteiger charge is 2.12. The van der Waals surface area contributed by atoms with Gasteiger partial charge in [0.1, 0.15) is 5.88 Å². The normalized spacial score (nSPS) is 12.6. The summed E-state index contributed by atoms with van der Waals surface area (Å²) in [6.07, 6.45) is 0. The third kappa shape index (κ3) is 2.96. The van der Waals surface area contributed by atoms with Crippen LogP contribution in [-0.4, -0.2) is 23.3 Å². The van der Waals surface area contributed by atoms with Crippen LogP contribution in [0.25, 0.3) is 10.2 Å². The molecule has 0 saturated carbocycles. The zero-order chi connectivity index (χ0) is 12.3. The fraction of sp³-hybridized carbons (Fsp3) is 0.333. The fourth-order valence-corrected chi connectivity index (χ4v) is 2.62. The molecule has 0 radical (unpaired) electrons. The van der Waals surface area contributed by atoms with Crippen molar-refractivity contribution in [2.24, 2.45) is 0 Å². The first-order chi connectivity index (χ1) is 8.20. The molecule has 90 valence electrons. The number of aromatic nitrogens is 1. The molecule has 1 N–H and O–H groups in total. The van der Waals surface area contributed by atoms with E-state index in [4.69, 9.17) is 11.6 Å². The summed E-state index contributed by atoms with van der Waals surface area (Å²) < 4.78 is 1.18. The minimum atomic E-state index is -0.139. The van der Waals surface area contributed by atoms with Gasteiger partial charge in [0.15, 0.2) is 0 Å². The maximum absolute atomic E-state index is 11.1. The van der Waals surface area contributed by atoms with Crippen molar-refractivity contribution >= 4 is 39.1 Å². The van der Waals surface area contributed by atoms with E-state index in [0.717, 1.165) is 10.5 Å². The Morgan fingerprint density at radius 1 is 1.53 bits per heavy atom. The van der Waals surface area contributed by atoms with Gasteiger partial charge in [0.25, 0.3) is 0 Å². The van der Waals surface area contributed by atoms with Crippen molar-refractivity contribution in [2.45, 2.75) is 12.8 Å². The van der Waals surface area contributed by atoms with E-state index >= 15 is 0 Å². The molecule has 0 bridgehead atoms. The molecule has 0 aliphatic carbocycles. The van der Waals surface area contributed by atoms with Crippen LogP contribution in [0.4, 0.5) is 0 Å². The van der Waals surface area contributed by atoms with E-state index in [9.17, 15) is 4.79 Å². The topological polar surface area (TPSA) is 42.0 Å². The Kier molecular flexibility index (Phi) is 3.97. The van der Waals surface area contributed by atoms with Crippen molar-refractivity contribution in [3.8, 4) is 0 Å². The van der Waals surface area contributed by atoms with Gasteiger partial charge in [-0.2, -0.15) is 0 Å². The predicted octanol–water partition coefficient (Wildman–Crippen LogP) is 2.75. The average molecular weight is 269 g/mol. The number of carbonyl (C=O) groups excluding carboxylic acids is 1. The van der Waals surface area contributed by atoms with Gasteiger partial charge in [-0.1, -0.05) is 19.1 Å². The summed E-state index contributed by atoms with van der Waals surface area (Å²) in [5.74, 6) is 0.0752. The van der Waals surface area contributed by atoms with Gasteiger partial charge in [-0.25, -0.2) is 4.98 Å². The van der Waals surface area contributed by atoms with Crippen molar-refractivity contribution < 1.29 is 4.79 Å². The molecule has 3 nitrogen and oxygen atoms in total. The van der Waals surface area contributed by atoms with Crippen molar-refractivity contribution in [3.05, 3.63) is 29.3 Å². The lowest BCUT2D eigenvalue weighted by molar-refractivity contribution is -0.118. The van der Waals surface area contributed by atoms with E-state index < -0.39 is 0 Å². The highest BCUT2D eigenvalue weighted by Crippen LogP contribution is 2.26. The molecule has 1 heterocycles. The Morgan fingerprint density at radius 3 is 3.00 bits per heavy atom. The Hall–Kier alpha value is -1.13. The van der Waals surface area contributed by atoms with Crippen molar-refractivity contribution in [1.82, 2.24) is 10.3 Å². The molecule has 2 aromatic rings. The second-order valence-electron chi connectivity index (χ2n) is 3.86. The molecular formula is C12H13ClN2OS. The van der Waals surface area contributed by atoms with Crippen LogP contribution < -0.4 is 5.32 Å². The van der Waals surface area contributed by atoms with E-state index in [1.807, 2.05) is 25.1 Å². The van der Waals surface area contributed by atoms with Crippen LogP contribution in [0.1, 0.15) is 17.8 Å². The van der Waals surface area contributed by atoms with E-state index in [1.165, 1.54) is 4.70 Å². The van der Waals surface area contributed by atoms with E-state index in [-0.39, 0.29) is 17.7 Å². The van der Waals surface area contributed by atoms with Crippen LogP contribution in [0.2, 0.25) is 0 Å². The van der Waals surface area contributed by atoms with E-state index in [1.54, 1.807) is 11.3 Å². The molecule has 17 heavy (non-hydrogen) atoms. The largest absolute Gasteiger partial charge is 0.354 e. The number of hydrogen-bond donors (Lipinski definition) is 1. The Bertz CT molecular complexity index is 493. The number of rotatable bonds is 4. The first-order valence-electron chi connectivity index (χ1n) is 5.39. The molecule has 1 aromatic carbocycles. The SMILES string of the molecule is C[C@@H](CNC(=O)CCl)c1nc2ccccc2s1. The summed E-state index contributed by atoms with van der Waals surface area (Å²) in [5, 5.41) is 3.81. The summed E-state index contributed by atoms with van der Waals surface area (Å²) in [5.41, 5.74) is 1.02. The van der Waals surface area contributed by atoms with Gasteiger partial charge in [0, 0.05) is 12.5 Å². The monoisotopic (exact) mass is 268 g/mol. The summed E-state index contributed by atoms with van der Waals surface area (Å²) in [4.78, 5) is 15.6. The summed E-state index contributed by atoms with van der Waals surface area (Å²) in [6, 6.07) is 8.04. The number of carbonyl (C=O) groups is 1. The number of halogens is 1. The third-order valence-electron chi connectivity index (χ3n) is 2.46. The van der Waals surface area contributed by atoms with Gasteiger partial charge >= 0.3 is 0 Å². The van der Waals surface area contributed by atoms with Crippen molar-refractivity contribution in [1.29, 1.82) is 0 Å². The molecule has 0 aliphatic heterocycles. The smallest absolute Gasteiger partial charge is 0.234 e. The van der Waals surface area contributed by atoms with E-state index in [2.05, 4.69) is 16.4 Å². The lowest BCUT2D eigenvalue weighted by Crippen LogP contribution is -2.28. The second-order valence-corrected chi connectivity index (χ2v) is 5.19. The molecule has 1 aromatic heterocycles. The minimum Gasteiger partial charge on any atom is -0.354 e. The standard InChI is InChI=1S/C12H13ClN2OS/c1-8(7-14-11(16)6-13)12-15-9-4-2-3-5-10(9)17-12/h2-5,8H,6-7H2,1H3,(H,14,16)/t8-/m0/s1. The van der Waals surface area contributed by atoms with Crippen molar-refractivity contribution in [2.75, 3.05) is 12.4 Å². The number of para-hydroxylation sites is 1. The number of fused-ring (bicyclic) bond motifs is 1. The van der Waals surface area contributed by atoms with Gasteiger partial charge in [0.2, 0.25) is 5.91 Å². The van der Waals surface area contributed by atoms with Crippen LogP contribution in [0.3, 0.4) is 0 Å². The van der Waals surface area contributed by atoms with Gasteiger partial charge in [-0.15, -0.1) is 22.9 Å². The molecule has 2 rings (SSSR count). The van der Waals surface area contributed by atoms with Crippen molar-refractivity contribution in [3.63, 3.8) is 0 Å². The number of alkyl halides is 1. The first kappa shape index (κ1) is 12.3. The zero-order valence-corrected chi connectivity index (χ0v) is 11.0. The predicted molar refractivity (Wildman–Crippen MR) is 71.8 cm³/mol. The van der Waals surface area contributed by atoms with Gasteiger partial charge in [-0.3, -0.25) is 4.79 Å². The number of nitrogens with one attached hydrogen (secondary N) is 1. The maximum atomic E-state index is 11.1. The Balaban J connectivity index is 2.08. The van der Waals surface area contributed by atoms with Crippen LogP contribution in [0.5, 0.6) is 0 Å². The molecule has 1 amide bonds. The van der Waals surface area contributed by atoms with Crippen LogP contribution >= 0.6 is 22.9 Å². The molecule has 5 heteroatoms. The second kappa shape index (κ2) is 5.47. The minimum absolute atomic E-state index is 0.00651. The summed E-state index contributed by atoms with van der Waals surface area (Å²) in [6.45, 7) is 2.62. The number of thiazole rings is 1. The number of nitrogens with zero attached hydrogens (tertiary/aromatic N) is 1. The highest BCUT2D eigenvalue weighted by molar-refractivity contribution is 7.18. The maximum Gasteiger partial charge on any atom is 0.234 e. The highest BCUT2D eigenvalue weighted by atomic mass is 35.5. The molecule has 0 saturated heterocycles. The number of amides is 1. The Labute approximate surface area is 109 Å². The molecular weight excluding hydrogens is 256 g/mol. The quantitative estimate of drug-likeness (QED) is 0.867. The summed E-state index contributed by atoms with van der Waals surface area (Å²) in [7, 11) is 0. The zero-order valence-electron chi connectivity index (χ0n) is 9.44. The van der Waals surface area contributed by atoms with Crippen LogP contribution in [-0.2, 0) is 4.79 Å². The van der Waals surface area contributed by atoms with Gasteiger partial charge in [0.05, 0.1) is 15.2 Å². The lowest BCUT2D eigenvalue weighted by Gasteiger charge is -2.08. The molecule has 0 spiro atoms.